The van der Waals surface area contributed by atoms with Crippen molar-refractivity contribution in [2.45, 2.75) is 0 Å². The summed E-state index contributed by atoms with van der Waals surface area (Å²) in [5, 5.41) is 11.1. The molecule has 0 atom stereocenters. The van der Waals surface area contributed by atoms with Gasteiger partial charge in [0.25, 0.3) is 0 Å². The Morgan fingerprint density at radius 2 is 0.918 bits per heavy atom. The Hall–Kier alpha value is -6.65. The molecule has 0 saturated heterocycles. The summed E-state index contributed by atoms with van der Waals surface area (Å²) in [7, 11) is 0. The third kappa shape index (κ3) is 3.12. The smallest absolute Gasteiger partial charge is 0.146 e. The van der Waals surface area contributed by atoms with Gasteiger partial charge < -0.3 is 9.30 Å². The minimum Gasteiger partial charge on any atom is -0.308 e. The number of aromatic nitrogens is 3. The Kier molecular flexibility index (Phi) is 4.69. The second kappa shape index (κ2) is 9.03. The minimum atomic E-state index is 1.01. The van der Waals surface area contributed by atoms with Gasteiger partial charge in [-0.1, -0.05) is 121 Å². The lowest BCUT2D eigenvalue weighted by Crippen LogP contribution is -2.10. The highest BCUT2D eigenvalue weighted by Crippen LogP contribution is 2.47. The summed E-state index contributed by atoms with van der Waals surface area (Å²) in [6.45, 7) is 0. The van der Waals surface area contributed by atoms with Crippen molar-refractivity contribution in [3.8, 4) is 0 Å². The Morgan fingerprint density at radius 3 is 1.65 bits per heavy atom. The quantitative estimate of drug-likeness (QED) is 0.196. The molecule has 12 rings (SSSR count). The largest absolute Gasteiger partial charge is 0.308 e. The zero-order chi connectivity index (χ0) is 31.8. The number of hydrogen-bond donors (Lipinski definition) is 0. The summed E-state index contributed by atoms with van der Waals surface area (Å²) in [6, 6.07) is 57.2. The number of para-hydroxylation sites is 5. The van der Waals surface area contributed by atoms with Crippen molar-refractivity contribution in [2.24, 2.45) is 0 Å². The van der Waals surface area contributed by atoms with E-state index in [1.165, 1.54) is 70.5 Å². The highest BCUT2D eigenvalue weighted by atomic mass is 15.2. The highest BCUT2D eigenvalue weighted by molar-refractivity contribution is 6.29. The fraction of sp³-hybridized carbons (Fsp3) is 0. The van der Waals surface area contributed by atoms with E-state index in [-0.39, 0.29) is 0 Å². The van der Waals surface area contributed by atoms with Crippen LogP contribution < -0.4 is 4.90 Å². The lowest BCUT2D eigenvalue weighted by atomic mass is 10.0. The lowest BCUT2D eigenvalue weighted by molar-refractivity contribution is 1.27. The van der Waals surface area contributed by atoms with E-state index >= 15 is 0 Å². The minimum absolute atomic E-state index is 1.01. The molecule has 5 aromatic heterocycles. The van der Waals surface area contributed by atoms with Gasteiger partial charge in [0.15, 0.2) is 0 Å². The fourth-order valence-electron chi connectivity index (χ4n) is 8.78. The van der Waals surface area contributed by atoms with E-state index in [2.05, 4.69) is 171 Å². The molecule has 49 heavy (non-hydrogen) atoms. The van der Waals surface area contributed by atoms with Gasteiger partial charge in [0, 0.05) is 54.5 Å². The number of hydrogen-bond acceptors (Lipinski definition) is 2. The molecule has 0 radical (unpaired) electrons. The van der Waals surface area contributed by atoms with Gasteiger partial charge in [-0.05, 0) is 41.8 Å². The summed E-state index contributed by atoms with van der Waals surface area (Å²) >= 11 is 0. The standard InChI is InChI=1S/C45H26N4/c1-3-13-28(14-4-1)47(29-15-5-2-6-16-29)38-23-11-21-33-31-19-10-22-36-40-39(48(43(31)36)44(33)38)26-37-34-20-9-18-32-35-25-24-27-12-7-8-17-30(27)41(35)49(42(32)34)45(37)46-40/h1-26H. The third-order valence-electron chi connectivity index (χ3n) is 10.7. The predicted octanol–water partition coefficient (Wildman–Crippen LogP) is 12.0. The van der Waals surface area contributed by atoms with Crippen LogP contribution in [0.1, 0.15) is 0 Å². The second-order valence-corrected chi connectivity index (χ2v) is 13.2. The number of rotatable bonds is 3. The molecule has 0 saturated carbocycles. The Labute approximate surface area is 279 Å². The molecule has 0 bridgehead atoms. The van der Waals surface area contributed by atoms with E-state index < -0.39 is 0 Å². The van der Waals surface area contributed by atoms with E-state index in [1.807, 2.05) is 0 Å². The molecule has 0 fully saturated rings. The molecule has 7 aromatic carbocycles. The maximum Gasteiger partial charge on any atom is 0.146 e. The summed E-state index contributed by atoms with van der Waals surface area (Å²) in [5.74, 6) is 0. The van der Waals surface area contributed by atoms with Gasteiger partial charge in [-0.3, -0.25) is 4.40 Å². The number of anilines is 3. The first-order chi connectivity index (χ1) is 24.3. The van der Waals surface area contributed by atoms with Gasteiger partial charge in [-0.15, -0.1) is 0 Å². The Balaban J connectivity index is 1.28. The summed E-state index contributed by atoms with van der Waals surface area (Å²) in [5.41, 5.74) is 11.4. The molecule has 226 valence electrons. The average Bonchev–Trinajstić information content (AvgIpc) is 3.89. The van der Waals surface area contributed by atoms with Crippen LogP contribution in [0.5, 0.6) is 0 Å². The van der Waals surface area contributed by atoms with Crippen LogP contribution in [0.25, 0.3) is 87.2 Å². The lowest BCUT2D eigenvalue weighted by Gasteiger charge is -2.26. The van der Waals surface area contributed by atoms with Crippen molar-refractivity contribution in [1.29, 1.82) is 0 Å². The summed E-state index contributed by atoms with van der Waals surface area (Å²) in [4.78, 5) is 8.02. The third-order valence-corrected chi connectivity index (χ3v) is 10.7. The maximum atomic E-state index is 5.64. The molecule has 0 aliphatic heterocycles. The van der Waals surface area contributed by atoms with Crippen molar-refractivity contribution >= 4 is 104 Å². The number of fused-ring (bicyclic) bond motifs is 14. The van der Waals surface area contributed by atoms with Crippen LogP contribution in [0, 0.1) is 0 Å². The SMILES string of the molecule is c1ccc(N(c2ccccc2)c2cccc3c4cccc5c6nc7c(cc6n(c23)c45)c2cccc3c4ccc5ccccc5c4n7c23)cc1. The highest BCUT2D eigenvalue weighted by Gasteiger charge is 2.26. The normalized spacial score (nSPS) is 12.5. The first kappa shape index (κ1) is 25.4. The molecule has 0 spiro atoms. The fourth-order valence-corrected chi connectivity index (χ4v) is 8.78. The van der Waals surface area contributed by atoms with Crippen LogP contribution in [-0.4, -0.2) is 13.8 Å². The average molecular weight is 623 g/mol. The molecule has 0 unspecified atom stereocenters. The van der Waals surface area contributed by atoms with Gasteiger partial charge in [0.05, 0.1) is 38.8 Å². The zero-order valence-electron chi connectivity index (χ0n) is 26.3. The number of nitrogens with zero attached hydrogens (tertiary/aromatic N) is 4. The van der Waals surface area contributed by atoms with Gasteiger partial charge in [-0.2, -0.15) is 0 Å². The molecule has 0 aliphatic rings. The van der Waals surface area contributed by atoms with Gasteiger partial charge in [0.2, 0.25) is 0 Å². The molecule has 0 amide bonds. The monoisotopic (exact) mass is 622 g/mol. The van der Waals surface area contributed by atoms with Crippen molar-refractivity contribution in [1.82, 2.24) is 13.8 Å². The molecular weight excluding hydrogens is 597 g/mol. The molecule has 4 heteroatoms. The second-order valence-electron chi connectivity index (χ2n) is 13.2. The van der Waals surface area contributed by atoms with Gasteiger partial charge >= 0.3 is 0 Å². The summed E-state index contributed by atoms with van der Waals surface area (Å²) in [6.07, 6.45) is 0. The number of benzene rings is 7. The zero-order valence-corrected chi connectivity index (χ0v) is 26.3. The van der Waals surface area contributed by atoms with Crippen LogP contribution in [0.15, 0.2) is 158 Å². The maximum absolute atomic E-state index is 5.64. The van der Waals surface area contributed by atoms with Crippen LogP contribution in [0.2, 0.25) is 0 Å². The van der Waals surface area contributed by atoms with E-state index in [0.717, 1.165) is 33.7 Å². The first-order valence-electron chi connectivity index (χ1n) is 16.8. The van der Waals surface area contributed by atoms with Crippen molar-refractivity contribution < 1.29 is 0 Å². The van der Waals surface area contributed by atoms with E-state index in [0.29, 0.717) is 0 Å². The van der Waals surface area contributed by atoms with Crippen LogP contribution >= 0.6 is 0 Å². The van der Waals surface area contributed by atoms with Crippen molar-refractivity contribution in [3.05, 3.63) is 158 Å². The Bertz CT molecular complexity index is 3220. The topological polar surface area (TPSA) is 25.0 Å². The molecule has 0 aliphatic carbocycles. The van der Waals surface area contributed by atoms with E-state index in [4.69, 9.17) is 4.98 Å². The molecule has 5 heterocycles. The van der Waals surface area contributed by atoms with Crippen LogP contribution in [0.4, 0.5) is 17.1 Å². The van der Waals surface area contributed by atoms with E-state index in [1.54, 1.807) is 0 Å². The first-order valence-corrected chi connectivity index (χ1v) is 16.8. The van der Waals surface area contributed by atoms with Gasteiger partial charge in [-0.25, -0.2) is 4.98 Å². The van der Waals surface area contributed by atoms with Crippen LogP contribution in [0.3, 0.4) is 0 Å². The molecule has 12 aromatic rings. The van der Waals surface area contributed by atoms with Gasteiger partial charge in [0.1, 0.15) is 5.65 Å². The number of pyridine rings is 1. The molecule has 0 N–H and O–H groups in total. The predicted molar refractivity (Wildman–Crippen MR) is 206 cm³/mol. The molecular formula is C45H26N4. The van der Waals surface area contributed by atoms with Crippen molar-refractivity contribution in [2.75, 3.05) is 4.90 Å². The molecule has 4 nitrogen and oxygen atoms in total. The van der Waals surface area contributed by atoms with E-state index in [9.17, 15) is 0 Å². The van der Waals surface area contributed by atoms with Crippen molar-refractivity contribution in [3.63, 3.8) is 0 Å². The summed E-state index contributed by atoms with van der Waals surface area (Å²) < 4.78 is 4.92. The Morgan fingerprint density at radius 1 is 0.388 bits per heavy atom. The van der Waals surface area contributed by atoms with Crippen LogP contribution in [-0.2, 0) is 0 Å².